The van der Waals surface area contributed by atoms with Gasteiger partial charge in [0.2, 0.25) is 12.0 Å². The molecular formula is C7H9N5O3. The van der Waals surface area contributed by atoms with Gasteiger partial charge in [-0.25, -0.2) is 9.80 Å². The average molecular weight is 211 g/mol. The molecule has 2 N–H and O–H groups in total. The maximum Gasteiger partial charge on any atom is 0.330 e. The average Bonchev–Trinajstić information content (AvgIpc) is 2.20. The highest BCUT2D eigenvalue weighted by atomic mass is 16.5. The molecule has 0 spiro atoms. The van der Waals surface area contributed by atoms with E-state index in [0.29, 0.717) is 0 Å². The molecule has 8 nitrogen and oxygen atoms in total. The number of fused-ring (bicyclic) bond motifs is 1. The number of hydrogen-bond donors (Lipinski definition) is 2. The molecule has 1 aromatic rings. The number of aromatic nitrogens is 2. The summed E-state index contributed by atoms with van der Waals surface area (Å²) in [6.45, 7) is 0. The summed E-state index contributed by atoms with van der Waals surface area (Å²) in [5.74, 6) is 0.135. The van der Waals surface area contributed by atoms with Gasteiger partial charge in [-0.2, -0.15) is 0 Å². The third-order valence-corrected chi connectivity index (χ3v) is 2.20. The van der Waals surface area contributed by atoms with E-state index in [4.69, 9.17) is 0 Å². The third-order valence-electron chi connectivity index (χ3n) is 2.20. The largest absolute Gasteiger partial charge is 0.622 e. The lowest BCUT2D eigenvalue weighted by Crippen LogP contribution is -3.03. The standard InChI is InChI=1S/C7H9N5O3/c1-10-6(13)4-5(9-7(10)14)11(2)8-3-12(4)15/h3,12H,1-2H3,(H,9,14). The molecule has 0 bridgehead atoms. The van der Waals surface area contributed by atoms with Crippen molar-refractivity contribution in [3.63, 3.8) is 0 Å². The number of hydrogen-bond acceptors (Lipinski definition) is 5. The van der Waals surface area contributed by atoms with Crippen LogP contribution in [0.4, 0.5) is 11.5 Å². The summed E-state index contributed by atoms with van der Waals surface area (Å²) < 4.78 is 0.851. The lowest BCUT2D eigenvalue weighted by Gasteiger charge is -2.25. The van der Waals surface area contributed by atoms with Crippen molar-refractivity contribution in [1.82, 2.24) is 9.55 Å². The second-order valence-corrected chi connectivity index (χ2v) is 3.15. The van der Waals surface area contributed by atoms with Gasteiger partial charge in [-0.15, -0.1) is 5.10 Å². The van der Waals surface area contributed by atoms with Crippen LogP contribution in [0.25, 0.3) is 0 Å². The first-order valence-corrected chi connectivity index (χ1v) is 4.17. The number of rotatable bonds is 0. The minimum atomic E-state index is -0.614. The van der Waals surface area contributed by atoms with Crippen LogP contribution in [0.5, 0.6) is 0 Å². The maximum absolute atomic E-state index is 11.6. The van der Waals surface area contributed by atoms with Gasteiger partial charge in [-0.05, 0) is 0 Å². The number of nitrogens with one attached hydrogen (secondary N) is 2. The van der Waals surface area contributed by atoms with E-state index in [1.165, 1.54) is 19.1 Å². The molecule has 0 saturated carbocycles. The lowest BCUT2D eigenvalue weighted by molar-refractivity contribution is -0.660. The molecule has 1 aromatic heterocycles. The molecule has 0 saturated heterocycles. The van der Waals surface area contributed by atoms with Crippen molar-refractivity contribution in [3.8, 4) is 0 Å². The zero-order chi connectivity index (χ0) is 11.2. The second-order valence-electron chi connectivity index (χ2n) is 3.15. The van der Waals surface area contributed by atoms with Crippen molar-refractivity contribution in [2.45, 2.75) is 0 Å². The van der Waals surface area contributed by atoms with Gasteiger partial charge in [-0.3, -0.25) is 19.4 Å². The highest BCUT2D eigenvalue weighted by Crippen LogP contribution is 2.13. The van der Waals surface area contributed by atoms with Crippen LogP contribution in [0.3, 0.4) is 0 Å². The molecule has 0 radical (unpaired) electrons. The molecule has 2 heterocycles. The predicted octanol–water partition coefficient (Wildman–Crippen LogP) is -2.52. The molecule has 0 aliphatic carbocycles. The van der Waals surface area contributed by atoms with Crippen molar-refractivity contribution < 1.29 is 5.06 Å². The molecule has 15 heavy (non-hydrogen) atoms. The number of aromatic amines is 1. The smallest absolute Gasteiger partial charge is 0.330 e. The van der Waals surface area contributed by atoms with Crippen LogP contribution >= 0.6 is 0 Å². The predicted molar refractivity (Wildman–Crippen MR) is 53.2 cm³/mol. The van der Waals surface area contributed by atoms with Gasteiger partial charge in [0.1, 0.15) is 0 Å². The highest BCUT2D eigenvalue weighted by molar-refractivity contribution is 5.65. The number of quaternary nitrogens is 1. The van der Waals surface area contributed by atoms with E-state index in [1.807, 2.05) is 0 Å². The number of nitrogens with zero attached hydrogens (tertiary/aromatic N) is 3. The Morgan fingerprint density at radius 1 is 1.47 bits per heavy atom. The van der Waals surface area contributed by atoms with Gasteiger partial charge in [0.15, 0.2) is 5.82 Å². The van der Waals surface area contributed by atoms with Crippen molar-refractivity contribution in [3.05, 3.63) is 26.0 Å². The normalized spacial score (nSPS) is 19.1. The minimum Gasteiger partial charge on any atom is -0.622 e. The Morgan fingerprint density at radius 2 is 2.13 bits per heavy atom. The molecule has 1 aliphatic rings. The SMILES string of the molecule is CN1N=C[NH+]([O-])c2c1[nH]c(=O)n(C)c2=O. The zero-order valence-electron chi connectivity index (χ0n) is 8.14. The first-order chi connectivity index (χ1) is 7.02. The zero-order valence-corrected chi connectivity index (χ0v) is 8.14. The van der Waals surface area contributed by atoms with Crippen LogP contribution in [-0.2, 0) is 7.05 Å². The monoisotopic (exact) mass is 211 g/mol. The molecule has 80 valence electrons. The number of hydroxylamine groups is 1. The van der Waals surface area contributed by atoms with E-state index in [-0.39, 0.29) is 11.5 Å². The Hall–Kier alpha value is -1.93. The minimum absolute atomic E-state index is 0.0606. The Labute approximate surface area is 83.6 Å². The number of hydrazone groups is 1. The van der Waals surface area contributed by atoms with Crippen LogP contribution in [-0.4, -0.2) is 22.9 Å². The Morgan fingerprint density at radius 3 is 2.80 bits per heavy atom. The van der Waals surface area contributed by atoms with Crippen molar-refractivity contribution >= 4 is 17.8 Å². The fraction of sp³-hybridized carbons (Fsp3) is 0.286. The van der Waals surface area contributed by atoms with Crippen molar-refractivity contribution in [2.75, 3.05) is 12.1 Å². The summed E-state index contributed by atoms with van der Waals surface area (Å²) in [4.78, 5) is 25.3. The van der Waals surface area contributed by atoms with Crippen molar-refractivity contribution in [1.29, 1.82) is 0 Å². The first kappa shape index (κ1) is 9.62. The topological polar surface area (TPSA) is 98.0 Å². The molecule has 0 amide bonds. The van der Waals surface area contributed by atoms with Crippen LogP contribution in [0, 0.1) is 5.21 Å². The van der Waals surface area contributed by atoms with Gasteiger partial charge >= 0.3 is 11.2 Å². The second kappa shape index (κ2) is 3.04. The highest BCUT2D eigenvalue weighted by Gasteiger charge is 2.24. The summed E-state index contributed by atoms with van der Waals surface area (Å²) in [5, 5.41) is 15.9. The fourth-order valence-corrected chi connectivity index (χ4v) is 1.33. The van der Waals surface area contributed by atoms with E-state index in [9.17, 15) is 14.8 Å². The van der Waals surface area contributed by atoms with Crippen molar-refractivity contribution in [2.24, 2.45) is 12.1 Å². The van der Waals surface area contributed by atoms with Gasteiger partial charge in [0.05, 0.1) is 0 Å². The number of anilines is 1. The lowest BCUT2D eigenvalue weighted by atomic mass is 10.4. The summed E-state index contributed by atoms with van der Waals surface area (Å²) in [7, 11) is 2.84. The fourth-order valence-electron chi connectivity index (χ4n) is 1.33. The van der Waals surface area contributed by atoms with Crippen LogP contribution in [0.1, 0.15) is 0 Å². The van der Waals surface area contributed by atoms with Gasteiger partial charge in [-0.1, -0.05) is 0 Å². The summed E-state index contributed by atoms with van der Waals surface area (Å²) in [5.41, 5.74) is -1.25. The van der Waals surface area contributed by atoms with E-state index in [0.717, 1.165) is 10.9 Å². The van der Waals surface area contributed by atoms with E-state index in [2.05, 4.69) is 10.1 Å². The third kappa shape index (κ3) is 1.27. The maximum atomic E-state index is 11.6. The summed E-state index contributed by atoms with van der Waals surface area (Å²) in [6.07, 6.45) is 1.04. The number of H-pyrrole nitrogens is 1. The molecule has 2 rings (SSSR count). The van der Waals surface area contributed by atoms with Gasteiger partial charge in [0, 0.05) is 14.1 Å². The molecule has 1 aliphatic heterocycles. The van der Waals surface area contributed by atoms with E-state index in [1.54, 1.807) is 0 Å². The van der Waals surface area contributed by atoms with Crippen LogP contribution < -0.4 is 21.3 Å². The Balaban J connectivity index is 2.84. The van der Waals surface area contributed by atoms with E-state index >= 15 is 0 Å². The molecule has 1 atom stereocenters. The molecule has 0 fully saturated rings. The van der Waals surface area contributed by atoms with Crippen LogP contribution in [0.15, 0.2) is 14.7 Å². The molecule has 1 unspecified atom stereocenters. The van der Waals surface area contributed by atoms with E-state index < -0.39 is 16.3 Å². The van der Waals surface area contributed by atoms with Gasteiger partial charge in [0.25, 0.3) is 0 Å². The summed E-state index contributed by atoms with van der Waals surface area (Å²) >= 11 is 0. The Bertz CT molecular complexity index is 543. The van der Waals surface area contributed by atoms with Crippen LogP contribution in [0.2, 0.25) is 0 Å². The van der Waals surface area contributed by atoms with Gasteiger partial charge < -0.3 is 5.21 Å². The quantitative estimate of drug-likeness (QED) is 0.463. The molecular weight excluding hydrogens is 202 g/mol. The summed E-state index contributed by atoms with van der Waals surface area (Å²) in [6, 6.07) is 0. The molecule has 0 aromatic carbocycles. The molecule has 8 heteroatoms. The Kier molecular flexibility index (Phi) is 1.95. The first-order valence-electron chi connectivity index (χ1n) is 4.17.